The van der Waals surface area contributed by atoms with Gasteiger partial charge in [0.05, 0.1) is 32.6 Å². The quantitative estimate of drug-likeness (QED) is 0.846. The maximum absolute atomic E-state index is 12.6. The number of anilines is 2. The minimum Gasteiger partial charge on any atom is -0.497 e. The van der Waals surface area contributed by atoms with Crippen molar-refractivity contribution in [3.05, 3.63) is 42.0 Å². The number of nitrogens with zero attached hydrogens (tertiary/aromatic N) is 1. The van der Waals surface area contributed by atoms with Crippen molar-refractivity contribution in [2.24, 2.45) is 0 Å². The van der Waals surface area contributed by atoms with Crippen molar-refractivity contribution < 1.29 is 23.8 Å². The van der Waals surface area contributed by atoms with Gasteiger partial charge < -0.3 is 24.4 Å². The van der Waals surface area contributed by atoms with Gasteiger partial charge in [0.25, 0.3) is 5.91 Å². The highest BCUT2D eigenvalue weighted by Gasteiger charge is 2.24. The van der Waals surface area contributed by atoms with Crippen LogP contribution in [0.3, 0.4) is 0 Å². The van der Waals surface area contributed by atoms with Gasteiger partial charge in [-0.2, -0.15) is 0 Å². The first-order valence-electron chi connectivity index (χ1n) is 8.59. The number of carbonyl (C=O) groups is 2. The van der Waals surface area contributed by atoms with Gasteiger partial charge in [-0.15, -0.1) is 0 Å². The van der Waals surface area contributed by atoms with Gasteiger partial charge >= 0.3 is 0 Å². The van der Waals surface area contributed by atoms with Gasteiger partial charge in [-0.3, -0.25) is 9.59 Å². The van der Waals surface area contributed by atoms with E-state index >= 15 is 0 Å². The molecule has 0 atom stereocenters. The van der Waals surface area contributed by atoms with E-state index in [9.17, 15) is 9.59 Å². The van der Waals surface area contributed by atoms with Crippen LogP contribution in [-0.2, 0) is 4.79 Å². The lowest BCUT2D eigenvalue weighted by atomic mass is 10.1. The number of hydrogen-bond donors (Lipinski definition) is 1. The molecule has 1 N–H and O–H groups in total. The van der Waals surface area contributed by atoms with E-state index < -0.39 is 0 Å². The van der Waals surface area contributed by atoms with Crippen LogP contribution >= 0.6 is 0 Å². The molecule has 2 aromatic carbocycles. The molecule has 0 aromatic heterocycles. The number of amides is 2. The predicted octanol–water partition coefficient (Wildman–Crippen LogP) is 3.09. The maximum Gasteiger partial charge on any atom is 0.259 e. The first-order valence-corrected chi connectivity index (χ1v) is 8.59. The molecule has 0 aliphatic carbocycles. The lowest BCUT2D eigenvalue weighted by Crippen LogP contribution is -2.24. The number of carbonyl (C=O) groups excluding carboxylic acids is 2. The summed E-state index contributed by atoms with van der Waals surface area (Å²) in [5.41, 5.74) is 1.65. The lowest BCUT2D eigenvalue weighted by molar-refractivity contribution is -0.117. The van der Waals surface area contributed by atoms with Gasteiger partial charge in [0.2, 0.25) is 5.91 Å². The standard InChI is InChI=1S/C20H22N2O5/c1-25-14-7-8-15(17(12-14)26-2)20(24)21-13-6-9-16(18(11-13)27-3)22-10-4-5-19(22)23/h6-9,11-12H,4-5,10H2,1-3H3,(H,21,24). The molecule has 1 fully saturated rings. The van der Waals surface area contributed by atoms with Crippen LogP contribution in [0.4, 0.5) is 11.4 Å². The molecule has 7 heteroatoms. The van der Waals surface area contributed by atoms with Crippen LogP contribution in [0.5, 0.6) is 17.2 Å². The van der Waals surface area contributed by atoms with Crippen LogP contribution in [0.2, 0.25) is 0 Å². The molecule has 2 amide bonds. The van der Waals surface area contributed by atoms with Gasteiger partial charge in [0, 0.05) is 30.8 Å². The molecule has 1 aliphatic rings. The van der Waals surface area contributed by atoms with Crippen molar-refractivity contribution in [2.75, 3.05) is 38.1 Å². The molecule has 2 aromatic rings. The maximum atomic E-state index is 12.6. The van der Waals surface area contributed by atoms with Crippen LogP contribution < -0.4 is 24.4 Å². The number of hydrogen-bond acceptors (Lipinski definition) is 5. The molecule has 3 rings (SSSR count). The van der Waals surface area contributed by atoms with Crippen LogP contribution in [0.25, 0.3) is 0 Å². The summed E-state index contributed by atoms with van der Waals surface area (Å²) in [4.78, 5) is 26.3. The van der Waals surface area contributed by atoms with E-state index in [0.717, 1.165) is 6.42 Å². The fraction of sp³-hybridized carbons (Fsp3) is 0.300. The van der Waals surface area contributed by atoms with Gasteiger partial charge in [0.15, 0.2) is 0 Å². The molecule has 1 heterocycles. The van der Waals surface area contributed by atoms with Crippen LogP contribution in [0.15, 0.2) is 36.4 Å². The molecule has 0 radical (unpaired) electrons. The van der Waals surface area contributed by atoms with Gasteiger partial charge in [0.1, 0.15) is 17.2 Å². The Balaban J connectivity index is 1.83. The van der Waals surface area contributed by atoms with E-state index in [0.29, 0.717) is 47.2 Å². The Morgan fingerprint density at radius 2 is 1.78 bits per heavy atom. The van der Waals surface area contributed by atoms with Crippen LogP contribution in [0.1, 0.15) is 23.2 Å². The number of nitrogens with one attached hydrogen (secondary N) is 1. The smallest absolute Gasteiger partial charge is 0.259 e. The Bertz CT molecular complexity index is 865. The summed E-state index contributed by atoms with van der Waals surface area (Å²) in [7, 11) is 4.58. The molecule has 0 bridgehead atoms. The van der Waals surface area contributed by atoms with Crippen molar-refractivity contribution in [1.82, 2.24) is 0 Å². The summed E-state index contributed by atoms with van der Waals surface area (Å²) < 4.78 is 15.9. The fourth-order valence-corrected chi connectivity index (χ4v) is 3.07. The molecule has 142 valence electrons. The third-order valence-corrected chi connectivity index (χ3v) is 4.46. The largest absolute Gasteiger partial charge is 0.497 e. The number of rotatable bonds is 6. The highest BCUT2D eigenvalue weighted by molar-refractivity contribution is 6.06. The highest BCUT2D eigenvalue weighted by Crippen LogP contribution is 2.34. The first kappa shape index (κ1) is 18.6. The minimum absolute atomic E-state index is 0.0769. The zero-order valence-electron chi connectivity index (χ0n) is 15.6. The Hall–Kier alpha value is -3.22. The van der Waals surface area contributed by atoms with Gasteiger partial charge in [-0.25, -0.2) is 0 Å². The second-order valence-electron chi connectivity index (χ2n) is 6.06. The Morgan fingerprint density at radius 3 is 2.41 bits per heavy atom. The summed E-state index contributed by atoms with van der Waals surface area (Å²) in [6, 6.07) is 10.2. The fourth-order valence-electron chi connectivity index (χ4n) is 3.07. The third-order valence-electron chi connectivity index (χ3n) is 4.46. The van der Waals surface area contributed by atoms with Crippen molar-refractivity contribution >= 4 is 23.2 Å². The van der Waals surface area contributed by atoms with E-state index in [1.54, 1.807) is 48.4 Å². The number of ether oxygens (including phenoxy) is 3. The first-order chi connectivity index (χ1) is 13.1. The highest BCUT2D eigenvalue weighted by atomic mass is 16.5. The molecule has 0 unspecified atom stereocenters. The van der Waals surface area contributed by atoms with Crippen LogP contribution in [0, 0.1) is 0 Å². The summed E-state index contributed by atoms with van der Waals surface area (Å²) in [5, 5.41) is 2.83. The topological polar surface area (TPSA) is 77.1 Å². The summed E-state index contributed by atoms with van der Waals surface area (Å²) in [6.07, 6.45) is 1.37. The van der Waals surface area contributed by atoms with Crippen LogP contribution in [-0.4, -0.2) is 39.7 Å². The van der Waals surface area contributed by atoms with Gasteiger partial charge in [-0.05, 0) is 30.7 Å². The molecule has 0 saturated carbocycles. The normalized spacial score (nSPS) is 13.4. The van der Waals surface area contributed by atoms with Crippen molar-refractivity contribution in [2.45, 2.75) is 12.8 Å². The zero-order valence-corrected chi connectivity index (χ0v) is 15.6. The molecule has 1 aliphatic heterocycles. The average Bonchev–Trinajstić information content (AvgIpc) is 3.12. The molecule has 27 heavy (non-hydrogen) atoms. The molecular formula is C20H22N2O5. The second kappa shape index (κ2) is 7.99. The third kappa shape index (κ3) is 3.81. The SMILES string of the molecule is COc1ccc(C(=O)Nc2ccc(N3CCCC3=O)c(OC)c2)c(OC)c1. The second-order valence-corrected chi connectivity index (χ2v) is 6.06. The zero-order chi connectivity index (χ0) is 19.4. The summed E-state index contributed by atoms with van der Waals surface area (Å²) in [5.74, 6) is 1.31. The van der Waals surface area contributed by atoms with Gasteiger partial charge in [-0.1, -0.05) is 0 Å². The monoisotopic (exact) mass is 370 g/mol. The molecule has 0 spiro atoms. The Kier molecular flexibility index (Phi) is 5.49. The lowest BCUT2D eigenvalue weighted by Gasteiger charge is -2.20. The van der Waals surface area contributed by atoms with Crippen molar-refractivity contribution in [1.29, 1.82) is 0 Å². The Morgan fingerprint density at radius 1 is 1.00 bits per heavy atom. The van der Waals surface area contributed by atoms with E-state index in [1.165, 1.54) is 14.2 Å². The average molecular weight is 370 g/mol. The van der Waals surface area contributed by atoms with Crippen molar-refractivity contribution in [3.63, 3.8) is 0 Å². The number of benzene rings is 2. The summed E-state index contributed by atoms with van der Waals surface area (Å²) in [6.45, 7) is 0.671. The van der Waals surface area contributed by atoms with E-state index in [4.69, 9.17) is 14.2 Å². The summed E-state index contributed by atoms with van der Waals surface area (Å²) >= 11 is 0. The Labute approximate surface area is 157 Å². The minimum atomic E-state index is -0.318. The number of methoxy groups -OCH3 is 3. The molecule has 7 nitrogen and oxygen atoms in total. The molecule has 1 saturated heterocycles. The predicted molar refractivity (Wildman–Crippen MR) is 102 cm³/mol. The van der Waals surface area contributed by atoms with Crippen molar-refractivity contribution in [3.8, 4) is 17.2 Å². The van der Waals surface area contributed by atoms with E-state index in [1.807, 2.05) is 0 Å². The van der Waals surface area contributed by atoms with E-state index in [-0.39, 0.29) is 11.8 Å². The molecular weight excluding hydrogens is 348 g/mol. The van der Waals surface area contributed by atoms with E-state index in [2.05, 4.69) is 5.32 Å².